The number of hydrogen-bond donors (Lipinski definition) is 2. The van der Waals surface area contributed by atoms with E-state index in [1.54, 1.807) is 17.1 Å². The molecule has 1 amide bonds. The molecular weight excluding hydrogens is 317 g/mol. The van der Waals surface area contributed by atoms with Crippen molar-refractivity contribution in [3.05, 3.63) is 40.4 Å². The van der Waals surface area contributed by atoms with Crippen LogP contribution in [0.4, 0.5) is 10.1 Å². The van der Waals surface area contributed by atoms with Crippen molar-refractivity contribution in [3.63, 3.8) is 0 Å². The number of rotatable bonds is 4. The number of nitrogen functional groups attached to an aromatic ring is 1. The summed E-state index contributed by atoms with van der Waals surface area (Å²) in [6.45, 7) is 0.881. The van der Waals surface area contributed by atoms with E-state index in [2.05, 4.69) is 31.6 Å². The molecule has 8 heteroatoms. The van der Waals surface area contributed by atoms with E-state index in [0.717, 1.165) is 0 Å². The van der Waals surface area contributed by atoms with Crippen LogP contribution in [0.2, 0.25) is 0 Å². The van der Waals surface area contributed by atoms with E-state index >= 15 is 0 Å². The zero-order valence-electron chi connectivity index (χ0n) is 9.81. The number of nitrogens with zero attached hydrogens (tertiary/aromatic N) is 3. The number of aromatic nitrogens is 3. The highest BCUT2D eigenvalue weighted by Gasteiger charge is 2.12. The summed E-state index contributed by atoms with van der Waals surface area (Å²) in [5, 5.41) is 10.1. The Morgan fingerprint density at radius 1 is 1.53 bits per heavy atom. The summed E-state index contributed by atoms with van der Waals surface area (Å²) in [5.41, 5.74) is 5.66. The first kappa shape index (κ1) is 13.5. The molecule has 0 saturated carbocycles. The summed E-state index contributed by atoms with van der Waals surface area (Å²) in [6.07, 6.45) is 3.25. The minimum Gasteiger partial charge on any atom is -0.396 e. The third kappa shape index (κ3) is 3.28. The van der Waals surface area contributed by atoms with Crippen LogP contribution in [0.5, 0.6) is 0 Å². The minimum atomic E-state index is -0.564. The highest BCUT2D eigenvalue weighted by atomic mass is 79.9. The zero-order valence-corrected chi connectivity index (χ0v) is 11.4. The van der Waals surface area contributed by atoms with Crippen molar-refractivity contribution in [2.75, 3.05) is 12.3 Å². The quantitative estimate of drug-likeness (QED) is 0.826. The summed E-state index contributed by atoms with van der Waals surface area (Å²) >= 11 is 3.13. The lowest BCUT2D eigenvalue weighted by molar-refractivity contribution is 0.0951. The molecule has 2 aromatic rings. The second-order valence-corrected chi connectivity index (χ2v) is 4.63. The lowest BCUT2D eigenvalue weighted by atomic mass is 10.2. The number of anilines is 1. The Labute approximate surface area is 116 Å². The van der Waals surface area contributed by atoms with E-state index in [-0.39, 0.29) is 17.2 Å². The summed E-state index contributed by atoms with van der Waals surface area (Å²) < 4.78 is 15.1. The molecule has 100 valence electrons. The maximum atomic E-state index is 13.2. The molecule has 1 aromatic carbocycles. The molecule has 0 fully saturated rings. The Morgan fingerprint density at radius 2 is 2.32 bits per heavy atom. The molecule has 1 aromatic heterocycles. The molecule has 0 bridgehead atoms. The number of nitrogens with one attached hydrogen (secondary N) is 1. The third-order valence-corrected chi connectivity index (χ3v) is 3.09. The first-order valence-electron chi connectivity index (χ1n) is 5.44. The second kappa shape index (κ2) is 5.79. The monoisotopic (exact) mass is 327 g/mol. The van der Waals surface area contributed by atoms with E-state index in [0.29, 0.717) is 17.6 Å². The predicted molar refractivity (Wildman–Crippen MR) is 70.9 cm³/mol. The van der Waals surface area contributed by atoms with Crippen LogP contribution in [-0.2, 0) is 6.54 Å². The normalized spacial score (nSPS) is 10.4. The van der Waals surface area contributed by atoms with Crippen molar-refractivity contribution in [2.45, 2.75) is 6.54 Å². The van der Waals surface area contributed by atoms with Gasteiger partial charge in [-0.25, -0.2) is 4.39 Å². The summed E-state index contributed by atoms with van der Waals surface area (Å²) in [7, 11) is 0. The smallest absolute Gasteiger partial charge is 0.252 e. The fourth-order valence-corrected chi connectivity index (χ4v) is 1.97. The molecule has 0 spiro atoms. The fourth-order valence-electron chi connectivity index (χ4n) is 1.47. The van der Waals surface area contributed by atoms with Crippen LogP contribution in [0.25, 0.3) is 0 Å². The molecule has 0 aliphatic heterocycles. The van der Waals surface area contributed by atoms with Gasteiger partial charge < -0.3 is 11.1 Å². The minimum absolute atomic E-state index is 0.0652. The summed E-state index contributed by atoms with van der Waals surface area (Å²) in [5.74, 6) is -0.898. The van der Waals surface area contributed by atoms with Crippen LogP contribution in [0.3, 0.4) is 0 Å². The van der Waals surface area contributed by atoms with Crippen molar-refractivity contribution < 1.29 is 9.18 Å². The standard InChI is InChI=1S/C11H11BrFN5O/c12-8-6-9(13)10(14)5-7(8)11(19)15-1-3-18-4-2-16-17-18/h2,4-6H,1,3,14H2,(H,15,19). The number of carbonyl (C=O) groups excluding carboxylic acids is 1. The zero-order chi connectivity index (χ0) is 13.8. The fraction of sp³-hybridized carbons (Fsp3) is 0.182. The average Bonchev–Trinajstić information content (AvgIpc) is 2.86. The highest BCUT2D eigenvalue weighted by Crippen LogP contribution is 2.22. The van der Waals surface area contributed by atoms with E-state index in [9.17, 15) is 9.18 Å². The first-order valence-corrected chi connectivity index (χ1v) is 6.24. The summed E-state index contributed by atoms with van der Waals surface area (Å²) in [4.78, 5) is 11.9. The SMILES string of the molecule is Nc1cc(C(=O)NCCn2ccnn2)c(Br)cc1F. The lowest BCUT2D eigenvalue weighted by Gasteiger charge is -2.08. The Bertz CT molecular complexity index is 587. The molecular formula is C11H11BrFN5O. The number of benzene rings is 1. The van der Waals surface area contributed by atoms with Crippen LogP contribution >= 0.6 is 15.9 Å². The number of halogens is 2. The van der Waals surface area contributed by atoms with Gasteiger partial charge in [0.1, 0.15) is 5.82 Å². The predicted octanol–water partition coefficient (Wildman–Crippen LogP) is 1.19. The molecule has 3 N–H and O–H groups in total. The molecule has 0 aliphatic carbocycles. The van der Waals surface area contributed by atoms with Crippen molar-refractivity contribution >= 4 is 27.5 Å². The van der Waals surface area contributed by atoms with Gasteiger partial charge in [0.15, 0.2) is 0 Å². The largest absolute Gasteiger partial charge is 0.396 e. The van der Waals surface area contributed by atoms with Gasteiger partial charge in [0.2, 0.25) is 0 Å². The number of amides is 1. The van der Waals surface area contributed by atoms with Crippen molar-refractivity contribution in [1.29, 1.82) is 0 Å². The van der Waals surface area contributed by atoms with E-state index < -0.39 is 5.82 Å². The maximum Gasteiger partial charge on any atom is 0.252 e. The highest BCUT2D eigenvalue weighted by molar-refractivity contribution is 9.10. The average molecular weight is 328 g/mol. The van der Waals surface area contributed by atoms with Gasteiger partial charge >= 0.3 is 0 Å². The molecule has 2 rings (SSSR count). The van der Waals surface area contributed by atoms with Gasteiger partial charge in [0.05, 0.1) is 24.0 Å². The first-order chi connectivity index (χ1) is 9.08. The van der Waals surface area contributed by atoms with Gasteiger partial charge in [-0.2, -0.15) is 0 Å². The van der Waals surface area contributed by atoms with Crippen LogP contribution in [0, 0.1) is 5.82 Å². The molecule has 6 nitrogen and oxygen atoms in total. The van der Waals surface area contributed by atoms with Crippen LogP contribution in [-0.4, -0.2) is 27.4 Å². The van der Waals surface area contributed by atoms with Gasteiger partial charge in [-0.1, -0.05) is 5.21 Å². The van der Waals surface area contributed by atoms with Gasteiger partial charge in [-0.3, -0.25) is 9.48 Å². The topological polar surface area (TPSA) is 85.8 Å². The van der Waals surface area contributed by atoms with Crippen molar-refractivity contribution in [3.8, 4) is 0 Å². The Hall–Kier alpha value is -1.96. The van der Waals surface area contributed by atoms with Crippen molar-refractivity contribution in [2.24, 2.45) is 0 Å². The van der Waals surface area contributed by atoms with Crippen molar-refractivity contribution in [1.82, 2.24) is 20.3 Å². The Balaban J connectivity index is 1.98. The summed E-state index contributed by atoms with van der Waals surface area (Å²) in [6, 6.07) is 2.46. The molecule has 0 radical (unpaired) electrons. The van der Waals surface area contributed by atoms with Gasteiger partial charge in [0, 0.05) is 17.2 Å². The van der Waals surface area contributed by atoms with E-state index in [4.69, 9.17) is 5.73 Å². The van der Waals surface area contributed by atoms with Crippen LogP contribution < -0.4 is 11.1 Å². The molecule has 1 heterocycles. The Kier molecular flexibility index (Phi) is 4.10. The number of hydrogen-bond acceptors (Lipinski definition) is 4. The Morgan fingerprint density at radius 3 is 3.00 bits per heavy atom. The van der Waals surface area contributed by atoms with E-state index in [1.165, 1.54) is 12.1 Å². The number of nitrogens with two attached hydrogens (primary N) is 1. The number of carbonyl (C=O) groups is 1. The van der Waals surface area contributed by atoms with E-state index in [1.807, 2.05) is 0 Å². The van der Waals surface area contributed by atoms with Gasteiger partial charge in [0.25, 0.3) is 5.91 Å². The molecule has 0 unspecified atom stereocenters. The third-order valence-electron chi connectivity index (χ3n) is 2.43. The molecule has 0 saturated heterocycles. The van der Waals surface area contributed by atoms with Gasteiger partial charge in [-0.15, -0.1) is 5.10 Å². The second-order valence-electron chi connectivity index (χ2n) is 3.78. The maximum absolute atomic E-state index is 13.2. The molecule has 19 heavy (non-hydrogen) atoms. The van der Waals surface area contributed by atoms with Crippen LogP contribution in [0.15, 0.2) is 29.0 Å². The molecule has 0 aliphatic rings. The van der Waals surface area contributed by atoms with Gasteiger partial charge in [-0.05, 0) is 28.1 Å². The molecule has 0 atom stereocenters. The lowest BCUT2D eigenvalue weighted by Crippen LogP contribution is -2.27. The van der Waals surface area contributed by atoms with Crippen LogP contribution in [0.1, 0.15) is 10.4 Å².